The number of amides is 2. The minimum absolute atomic E-state index is 0.168. The van der Waals surface area contributed by atoms with Gasteiger partial charge >= 0.3 is 6.03 Å². The smallest absolute Gasteiger partial charge is 0.316 e. The van der Waals surface area contributed by atoms with Crippen molar-refractivity contribution in [3.8, 4) is 0 Å². The van der Waals surface area contributed by atoms with Crippen LogP contribution in [0.5, 0.6) is 0 Å². The minimum Gasteiger partial charge on any atom is -0.378 e. The van der Waals surface area contributed by atoms with Gasteiger partial charge in [0.2, 0.25) is 0 Å². The van der Waals surface area contributed by atoms with Gasteiger partial charge in [-0.2, -0.15) is 0 Å². The van der Waals surface area contributed by atoms with Crippen molar-refractivity contribution < 1.29 is 4.79 Å². The summed E-state index contributed by atoms with van der Waals surface area (Å²) in [4.78, 5) is 12.0. The molecule has 5 heteroatoms. The first-order valence-electron chi connectivity index (χ1n) is 6.66. The highest BCUT2D eigenvalue weighted by Gasteiger charge is 2.08. The average molecular weight is 301 g/mol. The highest BCUT2D eigenvalue weighted by Crippen LogP contribution is 2.28. The van der Waals surface area contributed by atoms with Crippen LogP contribution in [0.3, 0.4) is 0 Å². The van der Waals surface area contributed by atoms with Gasteiger partial charge in [0.05, 0.1) is 0 Å². The van der Waals surface area contributed by atoms with E-state index >= 15 is 0 Å². The molecule has 1 atom stereocenters. The van der Waals surface area contributed by atoms with Gasteiger partial charge < -0.3 is 16.4 Å². The molecule has 4 N–H and O–H groups in total. The second-order valence-electron chi connectivity index (χ2n) is 4.68. The van der Waals surface area contributed by atoms with Gasteiger partial charge in [0.25, 0.3) is 0 Å². The largest absolute Gasteiger partial charge is 0.378 e. The minimum atomic E-state index is -0.553. The number of primary amides is 1. The lowest BCUT2D eigenvalue weighted by Crippen LogP contribution is -2.19. The van der Waals surface area contributed by atoms with E-state index in [1.165, 1.54) is 4.90 Å². The highest BCUT2D eigenvalue weighted by molar-refractivity contribution is 7.98. The van der Waals surface area contributed by atoms with E-state index in [9.17, 15) is 4.79 Å². The van der Waals surface area contributed by atoms with Crippen LogP contribution < -0.4 is 16.4 Å². The quantitative estimate of drug-likeness (QED) is 0.729. The fraction of sp³-hybridized carbons (Fsp3) is 0.188. The van der Waals surface area contributed by atoms with Gasteiger partial charge in [-0.05, 0) is 43.0 Å². The molecule has 0 aliphatic heterocycles. The van der Waals surface area contributed by atoms with Crippen LogP contribution in [0.4, 0.5) is 16.2 Å². The zero-order valence-corrected chi connectivity index (χ0v) is 12.9. The van der Waals surface area contributed by atoms with Crippen LogP contribution in [0.2, 0.25) is 0 Å². The van der Waals surface area contributed by atoms with Gasteiger partial charge in [0, 0.05) is 22.3 Å². The molecule has 4 nitrogen and oxygen atoms in total. The zero-order chi connectivity index (χ0) is 15.2. The van der Waals surface area contributed by atoms with Crippen molar-refractivity contribution in [3.05, 3.63) is 54.1 Å². The van der Waals surface area contributed by atoms with Gasteiger partial charge in [-0.25, -0.2) is 4.79 Å². The summed E-state index contributed by atoms with van der Waals surface area (Å²) in [5.74, 6) is 0. The molecule has 21 heavy (non-hydrogen) atoms. The van der Waals surface area contributed by atoms with Crippen molar-refractivity contribution in [2.45, 2.75) is 17.9 Å². The number of urea groups is 1. The summed E-state index contributed by atoms with van der Waals surface area (Å²) in [7, 11) is 0. The molecule has 2 amide bonds. The van der Waals surface area contributed by atoms with E-state index in [-0.39, 0.29) is 6.04 Å². The number of nitrogens with two attached hydrogens (primary N) is 1. The summed E-state index contributed by atoms with van der Waals surface area (Å²) in [5.41, 5.74) is 8.05. The molecule has 110 valence electrons. The summed E-state index contributed by atoms with van der Waals surface area (Å²) in [5, 5.41) is 6.06. The molecule has 0 heterocycles. The van der Waals surface area contributed by atoms with Gasteiger partial charge in [-0.1, -0.05) is 24.3 Å². The van der Waals surface area contributed by atoms with Gasteiger partial charge in [-0.3, -0.25) is 0 Å². The molecule has 0 spiro atoms. The average Bonchev–Trinajstić information content (AvgIpc) is 2.48. The Bertz CT molecular complexity index is 613. The maximum atomic E-state index is 10.8. The van der Waals surface area contributed by atoms with Gasteiger partial charge in [0.1, 0.15) is 0 Å². The van der Waals surface area contributed by atoms with E-state index in [1.54, 1.807) is 11.8 Å². The first-order valence-corrected chi connectivity index (χ1v) is 7.88. The Morgan fingerprint density at radius 1 is 1.14 bits per heavy atom. The summed E-state index contributed by atoms with van der Waals surface area (Å²) in [6, 6.07) is 15.5. The maximum Gasteiger partial charge on any atom is 0.316 e. The molecule has 0 aliphatic carbocycles. The lowest BCUT2D eigenvalue weighted by atomic mass is 10.1. The molecule has 2 aromatic carbocycles. The number of carbonyl (C=O) groups excluding carboxylic acids is 1. The Morgan fingerprint density at radius 3 is 2.43 bits per heavy atom. The van der Waals surface area contributed by atoms with E-state index in [2.05, 4.69) is 35.9 Å². The molecule has 0 aliphatic rings. The number of anilines is 2. The Hall–Kier alpha value is -2.14. The number of hydrogen-bond acceptors (Lipinski definition) is 3. The standard InChI is InChI=1S/C16H19N3OS/c1-11(18-14-5-3-4-6-15(14)21-2)12-7-9-13(10-8-12)19-16(17)20/h3-11,18H,1-2H3,(H3,17,19,20). The molecule has 1 unspecified atom stereocenters. The summed E-state index contributed by atoms with van der Waals surface area (Å²) < 4.78 is 0. The normalized spacial score (nSPS) is 11.7. The Balaban J connectivity index is 2.09. The van der Waals surface area contributed by atoms with Crippen molar-refractivity contribution in [1.82, 2.24) is 0 Å². The molecular weight excluding hydrogens is 282 g/mol. The first kappa shape index (κ1) is 15.3. The summed E-state index contributed by atoms with van der Waals surface area (Å²) in [6.07, 6.45) is 2.06. The van der Waals surface area contributed by atoms with Crippen LogP contribution in [0, 0.1) is 0 Å². The monoisotopic (exact) mass is 301 g/mol. The van der Waals surface area contributed by atoms with Crippen molar-refractivity contribution in [2.75, 3.05) is 16.9 Å². The summed E-state index contributed by atoms with van der Waals surface area (Å²) in [6.45, 7) is 2.10. The van der Waals surface area contributed by atoms with Crippen LogP contribution in [0.25, 0.3) is 0 Å². The predicted octanol–water partition coefficient (Wildman–Crippen LogP) is 4.07. The predicted molar refractivity (Wildman–Crippen MR) is 89.9 cm³/mol. The molecule has 2 rings (SSSR count). The number of rotatable bonds is 5. The van der Waals surface area contributed by atoms with Gasteiger partial charge in [0.15, 0.2) is 0 Å². The second kappa shape index (κ2) is 7.04. The number of thioether (sulfide) groups is 1. The van der Waals surface area contributed by atoms with Crippen LogP contribution in [0.1, 0.15) is 18.5 Å². The molecule has 0 saturated heterocycles. The van der Waals surface area contributed by atoms with Crippen molar-refractivity contribution in [2.24, 2.45) is 5.73 Å². The Morgan fingerprint density at radius 2 is 1.81 bits per heavy atom. The Kier molecular flexibility index (Phi) is 5.11. The Labute approximate surface area is 129 Å². The number of hydrogen-bond donors (Lipinski definition) is 3. The van der Waals surface area contributed by atoms with E-state index < -0.39 is 6.03 Å². The lowest BCUT2D eigenvalue weighted by molar-refractivity contribution is 0.259. The molecule has 2 aromatic rings. The number of carbonyl (C=O) groups is 1. The maximum absolute atomic E-state index is 10.8. The number of nitrogens with one attached hydrogen (secondary N) is 2. The fourth-order valence-corrected chi connectivity index (χ4v) is 2.64. The summed E-state index contributed by atoms with van der Waals surface area (Å²) >= 11 is 1.72. The first-order chi connectivity index (χ1) is 10.1. The highest BCUT2D eigenvalue weighted by atomic mass is 32.2. The molecule has 0 saturated carbocycles. The zero-order valence-electron chi connectivity index (χ0n) is 12.1. The van der Waals surface area contributed by atoms with Gasteiger partial charge in [-0.15, -0.1) is 11.8 Å². The molecule has 0 radical (unpaired) electrons. The van der Waals surface area contributed by atoms with Crippen LogP contribution in [-0.4, -0.2) is 12.3 Å². The molecule has 0 bridgehead atoms. The van der Waals surface area contributed by atoms with Crippen LogP contribution in [0.15, 0.2) is 53.4 Å². The third kappa shape index (κ3) is 4.16. The number of benzene rings is 2. The van der Waals surface area contributed by atoms with Crippen LogP contribution >= 0.6 is 11.8 Å². The topological polar surface area (TPSA) is 67.2 Å². The van der Waals surface area contributed by atoms with Crippen molar-refractivity contribution in [1.29, 1.82) is 0 Å². The SMILES string of the molecule is CSc1ccccc1NC(C)c1ccc(NC(N)=O)cc1. The van der Waals surface area contributed by atoms with E-state index in [0.29, 0.717) is 5.69 Å². The molecule has 0 fully saturated rings. The van der Waals surface area contributed by atoms with E-state index in [1.807, 2.05) is 36.4 Å². The van der Waals surface area contributed by atoms with E-state index in [4.69, 9.17) is 5.73 Å². The lowest BCUT2D eigenvalue weighted by Gasteiger charge is -2.18. The molecule has 0 aromatic heterocycles. The van der Waals surface area contributed by atoms with Crippen molar-refractivity contribution >= 4 is 29.2 Å². The molecular formula is C16H19N3OS. The fourth-order valence-electron chi connectivity index (χ4n) is 2.08. The third-order valence-electron chi connectivity index (χ3n) is 3.16. The van der Waals surface area contributed by atoms with Crippen molar-refractivity contribution in [3.63, 3.8) is 0 Å². The number of para-hydroxylation sites is 1. The van der Waals surface area contributed by atoms with E-state index in [0.717, 1.165) is 11.3 Å². The second-order valence-corrected chi connectivity index (χ2v) is 5.53. The van der Waals surface area contributed by atoms with Crippen LogP contribution in [-0.2, 0) is 0 Å². The third-order valence-corrected chi connectivity index (χ3v) is 3.95.